The molecule has 5 heteroatoms. The maximum Gasteiger partial charge on any atom is 0.246 e. The van der Waals surface area contributed by atoms with Gasteiger partial charge >= 0.3 is 0 Å². The van der Waals surface area contributed by atoms with Gasteiger partial charge in [-0.3, -0.25) is 4.79 Å². The van der Waals surface area contributed by atoms with Gasteiger partial charge in [-0.2, -0.15) is 0 Å². The predicted octanol–water partition coefficient (Wildman–Crippen LogP) is 0.337. The molecule has 1 fully saturated rings. The van der Waals surface area contributed by atoms with Gasteiger partial charge in [0.05, 0.1) is 0 Å². The minimum absolute atomic E-state index is 0.184. The molecule has 0 aromatic carbocycles. The van der Waals surface area contributed by atoms with Crippen LogP contribution in [0.3, 0.4) is 0 Å². The van der Waals surface area contributed by atoms with Crippen molar-refractivity contribution in [3.63, 3.8) is 0 Å². The molecular formula is C9H17NO3S. The van der Waals surface area contributed by atoms with E-state index < -0.39 is 15.0 Å². The van der Waals surface area contributed by atoms with Gasteiger partial charge in [0.15, 0.2) is 0 Å². The lowest BCUT2D eigenvalue weighted by Crippen LogP contribution is -2.28. The summed E-state index contributed by atoms with van der Waals surface area (Å²) in [6.07, 6.45) is 3.99. The molecule has 14 heavy (non-hydrogen) atoms. The molecule has 0 amide bonds. The Morgan fingerprint density at radius 3 is 2.43 bits per heavy atom. The number of rotatable bonds is 3. The van der Waals surface area contributed by atoms with Crippen molar-refractivity contribution in [2.45, 2.75) is 25.7 Å². The van der Waals surface area contributed by atoms with Gasteiger partial charge in [0, 0.05) is 12.7 Å². The smallest absolute Gasteiger partial charge is 0.246 e. The van der Waals surface area contributed by atoms with Crippen LogP contribution >= 0.6 is 0 Å². The van der Waals surface area contributed by atoms with E-state index in [0.29, 0.717) is 12.3 Å². The van der Waals surface area contributed by atoms with Crippen molar-refractivity contribution in [2.24, 2.45) is 5.92 Å². The minimum atomic E-state index is -3.46. The monoisotopic (exact) mass is 219 g/mol. The molecule has 82 valence electrons. The molecule has 1 aliphatic rings. The molecule has 0 bridgehead atoms. The van der Waals surface area contributed by atoms with Crippen LogP contribution in [0.5, 0.6) is 0 Å². The molecule has 0 saturated carbocycles. The fraction of sp³-hybridized carbons (Fsp3) is 0.889. The third-order valence-electron chi connectivity index (χ3n) is 2.63. The molecule has 0 radical (unpaired) electrons. The zero-order valence-corrected chi connectivity index (χ0v) is 9.27. The standard InChI is InChI=1S/C9H17NO3S/c1-14(12,13)9(11)3-2-8-4-6-10-7-5-8/h8,10H,2-7H2,1H3. The first-order chi connectivity index (χ1) is 6.50. The van der Waals surface area contributed by atoms with Gasteiger partial charge in [0.1, 0.15) is 0 Å². The zero-order valence-electron chi connectivity index (χ0n) is 8.45. The van der Waals surface area contributed by atoms with E-state index >= 15 is 0 Å². The molecule has 0 aromatic rings. The first kappa shape index (κ1) is 11.7. The Bertz CT molecular complexity index is 291. The van der Waals surface area contributed by atoms with Crippen molar-refractivity contribution in [1.82, 2.24) is 5.32 Å². The van der Waals surface area contributed by atoms with Crippen molar-refractivity contribution in [2.75, 3.05) is 19.3 Å². The summed E-state index contributed by atoms with van der Waals surface area (Å²) in [6, 6.07) is 0. The van der Waals surface area contributed by atoms with Crippen LogP contribution < -0.4 is 5.32 Å². The number of sulfone groups is 1. The lowest BCUT2D eigenvalue weighted by molar-refractivity contribution is -0.112. The Balaban J connectivity index is 2.29. The summed E-state index contributed by atoms with van der Waals surface area (Å²) in [5.74, 6) is 0.516. The van der Waals surface area contributed by atoms with Crippen molar-refractivity contribution in [1.29, 1.82) is 0 Å². The molecule has 0 unspecified atom stereocenters. The van der Waals surface area contributed by atoms with E-state index in [1.807, 2.05) is 0 Å². The fourth-order valence-electron chi connectivity index (χ4n) is 1.68. The van der Waals surface area contributed by atoms with Gasteiger partial charge in [0.2, 0.25) is 15.0 Å². The number of piperidine rings is 1. The Labute approximate surface area is 85.0 Å². The summed E-state index contributed by atoms with van der Waals surface area (Å²) in [5.41, 5.74) is 0. The second-order valence-electron chi connectivity index (χ2n) is 3.88. The zero-order chi connectivity index (χ0) is 10.6. The van der Waals surface area contributed by atoms with Crippen LogP contribution in [0, 0.1) is 5.92 Å². The van der Waals surface area contributed by atoms with E-state index in [2.05, 4.69) is 5.32 Å². The molecular weight excluding hydrogens is 202 g/mol. The van der Waals surface area contributed by atoms with Gasteiger partial charge in [-0.05, 0) is 38.3 Å². The third-order valence-corrected chi connectivity index (χ3v) is 3.66. The van der Waals surface area contributed by atoms with Crippen LogP contribution in [-0.2, 0) is 14.6 Å². The van der Waals surface area contributed by atoms with E-state index in [1.165, 1.54) is 0 Å². The average Bonchev–Trinajstić information content (AvgIpc) is 2.14. The van der Waals surface area contributed by atoms with Crippen LogP contribution in [-0.4, -0.2) is 32.9 Å². The molecule has 1 aliphatic heterocycles. The predicted molar refractivity (Wildman–Crippen MR) is 54.7 cm³/mol. The Morgan fingerprint density at radius 1 is 1.36 bits per heavy atom. The number of carbonyl (C=O) groups is 1. The van der Waals surface area contributed by atoms with Gasteiger partial charge in [-0.25, -0.2) is 8.42 Å². The number of carbonyl (C=O) groups excluding carboxylic acids is 1. The normalized spacial score (nSPS) is 19.5. The Morgan fingerprint density at radius 2 is 1.93 bits per heavy atom. The molecule has 0 aromatic heterocycles. The van der Waals surface area contributed by atoms with Crippen LogP contribution in [0.4, 0.5) is 0 Å². The van der Waals surface area contributed by atoms with Crippen LogP contribution in [0.25, 0.3) is 0 Å². The Hall–Kier alpha value is -0.420. The van der Waals surface area contributed by atoms with E-state index in [1.54, 1.807) is 0 Å². The van der Waals surface area contributed by atoms with Gasteiger partial charge in [-0.15, -0.1) is 0 Å². The highest BCUT2D eigenvalue weighted by atomic mass is 32.2. The molecule has 1 heterocycles. The highest BCUT2D eigenvalue weighted by Gasteiger charge is 2.19. The largest absolute Gasteiger partial charge is 0.317 e. The Kier molecular flexibility index (Phi) is 4.07. The second-order valence-corrected chi connectivity index (χ2v) is 5.88. The van der Waals surface area contributed by atoms with Crippen LogP contribution in [0.1, 0.15) is 25.7 Å². The minimum Gasteiger partial charge on any atom is -0.317 e. The second kappa shape index (κ2) is 4.89. The van der Waals surface area contributed by atoms with E-state index in [0.717, 1.165) is 32.2 Å². The molecule has 0 spiro atoms. The maximum absolute atomic E-state index is 11.1. The van der Waals surface area contributed by atoms with Crippen molar-refractivity contribution in [3.8, 4) is 0 Å². The number of hydrogen-bond donors (Lipinski definition) is 1. The maximum atomic E-state index is 11.1. The summed E-state index contributed by atoms with van der Waals surface area (Å²) in [4.78, 5) is 11.1. The summed E-state index contributed by atoms with van der Waals surface area (Å²) in [7, 11) is -3.46. The molecule has 4 nitrogen and oxygen atoms in total. The van der Waals surface area contributed by atoms with Crippen LogP contribution in [0.2, 0.25) is 0 Å². The molecule has 0 atom stereocenters. The van der Waals surface area contributed by atoms with Gasteiger partial charge in [0.25, 0.3) is 0 Å². The molecule has 0 aliphatic carbocycles. The summed E-state index contributed by atoms with van der Waals surface area (Å²) in [5, 5.41) is 2.61. The molecule has 1 N–H and O–H groups in total. The summed E-state index contributed by atoms with van der Waals surface area (Å²) < 4.78 is 21.7. The lowest BCUT2D eigenvalue weighted by Gasteiger charge is -2.21. The van der Waals surface area contributed by atoms with E-state index in [4.69, 9.17) is 0 Å². The van der Waals surface area contributed by atoms with Gasteiger partial charge in [-0.1, -0.05) is 0 Å². The van der Waals surface area contributed by atoms with Crippen molar-refractivity contribution >= 4 is 15.0 Å². The molecule has 1 saturated heterocycles. The SMILES string of the molecule is CS(=O)(=O)C(=O)CCC1CCNCC1. The number of nitrogens with one attached hydrogen (secondary N) is 1. The van der Waals surface area contributed by atoms with Crippen LogP contribution in [0.15, 0.2) is 0 Å². The topological polar surface area (TPSA) is 63.2 Å². The van der Waals surface area contributed by atoms with Gasteiger partial charge < -0.3 is 5.32 Å². The lowest BCUT2D eigenvalue weighted by atomic mass is 9.93. The summed E-state index contributed by atoms with van der Waals surface area (Å²) >= 11 is 0. The third kappa shape index (κ3) is 3.75. The summed E-state index contributed by atoms with van der Waals surface area (Å²) in [6.45, 7) is 1.97. The van der Waals surface area contributed by atoms with E-state index in [-0.39, 0.29) is 6.42 Å². The quantitative estimate of drug-likeness (QED) is 0.743. The highest BCUT2D eigenvalue weighted by Crippen LogP contribution is 2.18. The van der Waals surface area contributed by atoms with Crippen molar-refractivity contribution in [3.05, 3.63) is 0 Å². The first-order valence-corrected chi connectivity index (χ1v) is 6.83. The van der Waals surface area contributed by atoms with E-state index in [9.17, 15) is 13.2 Å². The van der Waals surface area contributed by atoms with Crippen molar-refractivity contribution < 1.29 is 13.2 Å². The highest BCUT2D eigenvalue weighted by molar-refractivity contribution is 8.05. The number of hydrogen-bond acceptors (Lipinski definition) is 4. The average molecular weight is 219 g/mol. The first-order valence-electron chi connectivity index (χ1n) is 4.94. The molecule has 1 rings (SSSR count). The fourth-order valence-corrected chi connectivity index (χ4v) is 2.17.